The molecule has 0 bridgehead atoms. The highest BCUT2D eigenvalue weighted by Gasteiger charge is 2.39. The molecule has 0 spiro atoms. The van der Waals surface area contributed by atoms with Gasteiger partial charge in [0.15, 0.2) is 0 Å². The number of hydrogen-bond acceptors (Lipinski definition) is 3. The van der Waals surface area contributed by atoms with Crippen molar-refractivity contribution in [3.05, 3.63) is 0 Å². The van der Waals surface area contributed by atoms with Crippen LogP contribution in [0, 0.1) is 5.41 Å². The van der Waals surface area contributed by atoms with E-state index in [9.17, 15) is 4.79 Å². The SMILES string of the molecule is CCC(C)(CCO)NC(=O)C1(CN)CCCCCC1. The molecule has 0 heterocycles. The second kappa shape index (κ2) is 7.25. The summed E-state index contributed by atoms with van der Waals surface area (Å²) in [6, 6.07) is 0. The van der Waals surface area contributed by atoms with Crippen molar-refractivity contribution in [3.63, 3.8) is 0 Å². The zero-order valence-corrected chi connectivity index (χ0v) is 12.5. The maximum atomic E-state index is 12.7. The van der Waals surface area contributed by atoms with Crippen molar-refractivity contribution in [2.75, 3.05) is 13.2 Å². The lowest BCUT2D eigenvalue weighted by Crippen LogP contribution is -2.54. The Kier molecular flexibility index (Phi) is 6.27. The maximum Gasteiger partial charge on any atom is 0.227 e. The summed E-state index contributed by atoms with van der Waals surface area (Å²) in [6.45, 7) is 4.57. The van der Waals surface area contributed by atoms with Crippen LogP contribution in [0.4, 0.5) is 0 Å². The molecule has 112 valence electrons. The minimum Gasteiger partial charge on any atom is -0.396 e. The first-order valence-corrected chi connectivity index (χ1v) is 7.65. The van der Waals surface area contributed by atoms with Crippen LogP contribution in [0.25, 0.3) is 0 Å². The standard InChI is InChI=1S/C15H30N2O2/c1-3-14(2,10-11-18)17-13(19)15(12-16)8-6-4-5-7-9-15/h18H,3-12,16H2,1-2H3,(H,17,19). The predicted molar refractivity (Wildman–Crippen MR) is 77.7 cm³/mol. The monoisotopic (exact) mass is 270 g/mol. The Morgan fingerprint density at radius 1 is 1.32 bits per heavy atom. The predicted octanol–water partition coefficient (Wildman–Crippen LogP) is 1.95. The molecule has 0 aromatic heterocycles. The van der Waals surface area contributed by atoms with E-state index in [0.29, 0.717) is 13.0 Å². The number of carbonyl (C=O) groups is 1. The molecule has 19 heavy (non-hydrogen) atoms. The molecule has 0 saturated heterocycles. The van der Waals surface area contributed by atoms with E-state index in [1.54, 1.807) is 0 Å². The zero-order valence-electron chi connectivity index (χ0n) is 12.5. The molecule has 1 rings (SSSR count). The lowest BCUT2D eigenvalue weighted by molar-refractivity contribution is -0.133. The van der Waals surface area contributed by atoms with Crippen LogP contribution in [0.1, 0.15) is 65.2 Å². The van der Waals surface area contributed by atoms with E-state index in [1.165, 1.54) is 12.8 Å². The van der Waals surface area contributed by atoms with Crippen molar-refractivity contribution in [1.29, 1.82) is 0 Å². The second-order valence-electron chi connectivity index (χ2n) is 6.24. The summed E-state index contributed by atoms with van der Waals surface area (Å²) in [6.07, 6.45) is 7.80. The number of aliphatic hydroxyl groups excluding tert-OH is 1. The number of nitrogens with one attached hydrogen (secondary N) is 1. The number of carbonyl (C=O) groups excluding carboxylic acids is 1. The van der Waals surface area contributed by atoms with Gasteiger partial charge in [-0.2, -0.15) is 0 Å². The Morgan fingerprint density at radius 2 is 1.89 bits per heavy atom. The molecule has 1 amide bonds. The molecule has 0 radical (unpaired) electrons. The fourth-order valence-corrected chi connectivity index (χ4v) is 2.91. The van der Waals surface area contributed by atoms with Gasteiger partial charge in [-0.05, 0) is 32.6 Å². The number of aliphatic hydroxyl groups is 1. The van der Waals surface area contributed by atoms with Gasteiger partial charge in [0.2, 0.25) is 5.91 Å². The third-order valence-corrected chi connectivity index (χ3v) is 4.79. The van der Waals surface area contributed by atoms with Crippen molar-refractivity contribution in [1.82, 2.24) is 5.32 Å². The molecule has 1 aliphatic rings. The lowest BCUT2D eigenvalue weighted by Gasteiger charge is -2.36. The van der Waals surface area contributed by atoms with Gasteiger partial charge in [-0.15, -0.1) is 0 Å². The van der Waals surface area contributed by atoms with E-state index >= 15 is 0 Å². The highest BCUT2D eigenvalue weighted by Crippen LogP contribution is 2.35. The minimum absolute atomic E-state index is 0.0923. The molecule has 4 nitrogen and oxygen atoms in total. The molecule has 4 heteroatoms. The molecule has 0 aromatic carbocycles. The van der Waals surface area contributed by atoms with Crippen molar-refractivity contribution < 1.29 is 9.90 Å². The highest BCUT2D eigenvalue weighted by molar-refractivity contribution is 5.83. The molecule has 1 atom stereocenters. The van der Waals surface area contributed by atoms with Gasteiger partial charge < -0.3 is 16.2 Å². The Morgan fingerprint density at radius 3 is 2.32 bits per heavy atom. The first kappa shape index (κ1) is 16.4. The third kappa shape index (κ3) is 4.18. The van der Waals surface area contributed by atoms with Crippen molar-refractivity contribution >= 4 is 5.91 Å². The van der Waals surface area contributed by atoms with E-state index in [4.69, 9.17) is 10.8 Å². The summed E-state index contributed by atoms with van der Waals surface area (Å²) < 4.78 is 0. The first-order valence-electron chi connectivity index (χ1n) is 7.65. The molecule has 1 aliphatic carbocycles. The Balaban J connectivity index is 2.77. The van der Waals surface area contributed by atoms with E-state index < -0.39 is 0 Å². The minimum atomic E-state index is -0.387. The number of hydrogen-bond donors (Lipinski definition) is 3. The smallest absolute Gasteiger partial charge is 0.227 e. The molecule has 4 N–H and O–H groups in total. The number of amides is 1. The summed E-state index contributed by atoms with van der Waals surface area (Å²) in [5.41, 5.74) is 5.23. The molecular weight excluding hydrogens is 240 g/mol. The van der Waals surface area contributed by atoms with E-state index in [2.05, 4.69) is 5.32 Å². The summed E-state index contributed by atoms with van der Waals surface area (Å²) in [5, 5.41) is 12.3. The van der Waals surface area contributed by atoms with Crippen LogP contribution in [0.5, 0.6) is 0 Å². The van der Waals surface area contributed by atoms with Crippen LogP contribution < -0.4 is 11.1 Å². The summed E-state index contributed by atoms with van der Waals surface area (Å²) in [7, 11) is 0. The van der Waals surface area contributed by atoms with Gasteiger partial charge in [0.25, 0.3) is 0 Å². The van der Waals surface area contributed by atoms with Gasteiger partial charge in [0.05, 0.1) is 5.41 Å². The van der Waals surface area contributed by atoms with E-state index in [0.717, 1.165) is 32.1 Å². The van der Waals surface area contributed by atoms with Gasteiger partial charge in [-0.3, -0.25) is 4.79 Å². The maximum absolute atomic E-state index is 12.7. The van der Waals surface area contributed by atoms with Gasteiger partial charge >= 0.3 is 0 Å². The van der Waals surface area contributed by atoms with Gasteiger partial charge in [-0.25, -0.2) is 0 Å². The van der Waals surface area contributed by atoms with Gasteiger partial charge in [0.1, 0.15) is 0 Å². The van der Waals surface area contributed by atoms with Crippen LogP contribution in [0.15, 0.2) is 0 Å². The normalized spacial score (nSPS) is 22.3. The molecule has 0 aliphatic heterocycles. The summed E-state index contributed by atoms with van der Waals surface area (Å²) >= 11 is 0. The topological polar surface area (TPSA) is 75.3 Å². The van der Waals surface area contributed by atoms with Crippen LogP contribution in [0.2, 0.25) is 0 Å². The van der Waals surface area contributed by atoms with Crippen LogP contribution in [-0.2, 0) is 4.79 Å². The quantitative estimate of drug-likeness (QED) is 0.646. The van der Waals surface area contributed by atoms with Crippen molar-refractivity contribution in [3.8, 4) is 0 Å². The second-order valence-corrected chi connectivity index (χ2v) is 6.24. The average molecular weight is 270 g/mol. The Labute approximate surface area is 117 Å². The van der Waals surface area contributed by atoms with Crippen molar-refractivity contribution in [2.45, 2.75) is 70.8 Å². The Hall–Kier alpha value is -0.610. The van der Waals surface area contributed by atoms with E-state index in [-0.39, 0.29) is 23.5 Å². The van der Waals surface area contributed by atoms with Gasteiger partial charge in [0, 0.05) is 18.7 Å². The van der Waals surface area contributed by atoms with Crippen LogP contribution >= 0.6 is 0 Å². The van der Waals surface area contributed by atoms with Crippen LogP contribution in [-0.4, -0.2) is 29.7 Å². The fourth-order valence-electron chi connectivity index (χ4n) is 2.91. The lowest BCUT2D eigenvalue weighted by atomic mass is 9.78. The molecule has 1 unspecified atom stereocenters. The summed E-state index contributed by atoms with van der Waals surface area (Å²) in [5.74, 6) is 0.0923. The zero-order chi connectivity index (χ0) is 14.4. The molecule has 1 saturated carbocycles. The number of rotatable bonds is 6. The summed E-state index contributed by atoms with van der Waals surface area (Å²) in [4.78, 5) is 12.7. The Bertz CT molecular complexity index is 286. The number of nitrogens with two attached hydrogens (primary N) is 1. The van der Waals surface area contributed by atoms with Gasteiger partial charge in [-0.1, -0.05) is 32.6 Å². The molecule has 0 aromatic rings. The average Bonchev–Trinajstić information content (AvgIpc) is 2.65. The van der Waals surface area contributed by atoms with E-state index in [1.807, 2.05) is 13.8 Å². The molecule has 1 fully saturated rings. The first-order chi connectivity index (χ1) is 9.02. The molecular formula is C15H30N2O2. The third-order valence-electron chi connectivity index (χ3n) is 4.79. The van der Waals surface area contributed by atoms with Crippen LogP contribution in [0.3, 0.4) is 0 Å². The fraction of sp³-hybridized carbons (Fsp3) is 0.933. The largest absolute Gasteiger partial charge is 0.396 e. The van der Waals surface area contributed by atoms with Crippen molar-refractivity contribution in [2.24, 2.45) is 11.1 Å². The highest BCUT2D eigenvalue weighted by atomic mass is 16.3.